The first-order valence-corrected chi connectivity index (χ1v) is 12.5. The number of rotatable bonds is 10. The fourth-order valence-corrected chi connectivity index (χ4v) is 4.04. The van der Waals surface area contributed by atoms with E-state index < -0.39 is 6.04 Å². The van der Waals surface area contributed by atoms with E-state index in [0.717, 1.165) is 24.1 Å². The fraction of sp³-hybridized carbons (Fsp3) is 0.194. The molecule has 0 bridgehead atoms. The number of aliphatic hydroxyl groups excluding tert-OH is 1. The van der Waals surface area contributed by atoms with Crippen molar-refractivity contribution >= 4 is 17.5 Å². The Morgan fingerprint density at radius 1 is 0.842 bits per heavy atom. The summed E-state index contributed by atoms with van der Waals surface area (Å²) >= 11 is 0. The number of anilines is 1. The highest BCUT2D eigenvalue weighted by Crippen LogP contribution is 2.20. The number of aliphatic hydroxyl groups is 1. The number of carbonyl (C=O) groups is 2. The first-order chi connectivity index (χ1) is 18.4. The van der Waals surface area contributed by atoms with Gasteiger partial charge in [0.15, 0.2) is 0 Å². The molecule has 0 aliphatic rings. The molecule has 4 rings (SSSR count). The maximum atomic E-state index is 12.9. The molecule has 1 aromatic heterocycles. The van der Waals surface area contributed by atoms with Crippen LogP contribution in [-0.4, -0.2) is 54.1 Å². The van der Waals surface area contributed by atoms with Crippen LogP contribution in [0.25, 0.3) is 11.1 Å². The van der Waals surface area contributed by atoms with Gasteiger partial charge in [-0.3, -0.25) is 14.6 Å². The number of hydrogen-bond donors (Lipinski definition) is 3. The van der Waals surface area contributed by atoms with Crippen LogP contribution >= 0.6 is 0 Å². The molecule has 1 atom stereocenters. The highest BCUT2D eigenvalue weighted by molar-refractivity contribution is 6.04. The topological polar surface area (TPSA) is 94.6 Å². The molecule has 194 valence electrons. The van der Waals surface area contributed by atoms with Gasteiger partial charge in [-0.05, 0) is 91.3 Å². The minimum Gasteiger partial charge on any atom is -0.394 e. The second-order valence-corrected chi connectivity index (χ2v) is 9.35. The summed E-state index contributed by atoms with van der Waals surface area (Å²) < 4.78 is 0. The minimum absolute atomic E-state index is 0.261. The summed E-state index contributed by atoms with van der Waals surface area (Å²) in [7, 11) is 4.08. The van der Waals surface area contributed by atoms with E-state index in [4.69, 9.17) is 0 Å². The maximum absolute atomic E-state index is 12.9. The Balaban J connectivity index is 1.40. The lowest BCUT2D eigenvalue weighted by molar-refractivity contribution is 0.0916. The van der Waals surface area contributed by atoms with Gasteiger partial charge < -0.3 is 20.6 Å². The molecule has 0 saturated heterocycles. The number of aromatic nitrogens is 1. The summed E-state index contributed by atoms with van der Waals surface area (Å²) in [5.74, 6) is -0.572. The van der Waals surface area contributed by atoms with Gasteiger partial charge in [0.2, 0.25) is 0 Å². The van der Waals surface area contributed by atoms with E-state index in [9.17, 15) is 14.7 Å². The molecule has 0 radical (unpaired) electrons. The van der Waals surface area contributed by atoms with Gasteiger partial charge >= 0.3 is 0 Å². The summed E-state index contributed by atoms with van der Waals surface area (Å²) in [6, 6.07) is 25.1. The number of nitrogens with one attached hydrogen (secondary N) is 2. The number of hydrogen-bond acceptors (Lipinski definition) is 5. The summed E-state index contributed by atoms with van der Waals surface area (Å²) in [6.45, 7) is 0.651. The molecule has 0 aliphatic carbocycles. The highest BCUT2D eigenvalue weighted by atomic mass is 16.3. The van der Waals surface area contributed by atoms with Crippen molar-refractivity contribution in [3.8, 4) is 11.1 Å². The highest BCUT2D eigenvalue weighted by Gasteiger charge is 2.17. The number of likely N-dealkylation sites (N-methyl/N-ethyl adjacent to an activating group) is 1. The van der Waals surface area contributed by atoms with Crippen molar-refractivity contribution in [1.82, 2.24) is 15.2 Å². The molecule has 7 nitrogen and oxygen atoms in total. The first-order valence-electron chi connectivity index (χ1n) is 12.5. The Morgan fingerprint density at radius 3 is 2.18 bits per heavy atom. The standard InChI is InChI=1S/C31H32N4O3/c1-35(2)19-16-22-6-12-28(13-7-22)33-31(38)27-5-3-4-26(20-27)29(21-36)34-30(37)25-10-8-23(9-11-25)24-14-17-32-18-15-24/h3-15,17-18,20,29,36H,16,19,21H2,1-2H3,(H,33,38)(H,34,37)/t29-/m1/s1. The number of amides is 2. The summed E-state index contributed by atoms with van der Waals surface area (Å²) in [5, 5.41) is 15.8. The zero-order valence-corrected chi connectivity index (χ0v) is 21.6. The number of nitrogens with zero attached hydrogens (tertiary/aromatic N) is 2. The predicted molar refractivity (Wildman–Crippen MR) is 150 cm³/mol. The van der Waals surface area contributed by atoms with E-state index in [2.05, 4.69) is 20.5 Å². The first kappa shape index (κ1) is 26.7. The van der Waals surface area contributed by atoms with Crippen LogP contribution in [0.15, 0.2) is 97.3 Å². The molecular weight excluding hydrogens is 476 g/mol. The third-order valence-corrected chi connectivity index (χ3v) is 6.26. The molecule has 3 N–H and O–H groups in total. The monoisotopic (exact) mass is 508 g/mol. The van der Waals surface area contributed by atoms with Crippen molar-refractivity contribution in [3.63, 3.8) is 0 Å². The largest absolute Gasteiger partial charge is 0.394 e. The van der Waals surface area contributed by atoms with E-state index in [-0.39, 0.29) is 18.4 Å². The normalized spacial score (nSPS) is 11.7. The van der Waals surface area contributed by atoms with E-state index in [1.165, 1.54) is 5.56 Å². The van der Waals surface area contributed by atoms with Crippen LogP contribution in [-0.2, 0) is 6.42 Å². The lowest BCUT2D eigenvalue weighted by atomic mass is 10.0. The van der Waals surface area contributed by atoms with E-state index >= 15 is 0 Å². The molecule has 0 saturated carbocycles. The number of benzene rings is 3. The second-order valence-electron chi connectivity index (χ2n) is 9.35. The lowest BCUT2D eigenvalue weighted by Gasteiger charge is -2.18. The van der Waals surface area contributed by atoms with Crippen molar-refractivity contribution in [2.24, 2.45) is 0 Å². The number of carbonyl (C=O) groups excluding carboxylic acids is 2. The van der Waals surface area contributed by atoms with Gasteiger partial charge in [-0.15, -0.1) is 0 Å². The van der Waals surface area contributed by atoms with Crippen molar-refractivity contribution in [2.75, 3.05) is 32.6 Å². The minimum atomic E-state index is -0.661. The number of pyridine rings is 1. The van der Waals surface area contributed by atoms with Gasteiger partial charge in [0.1, 0.15) is 0 Å². The molecular formula is C31H32N4O3. The zero-order valence-electron chi connectivity index (χ0n) is 21.6. The Bertz CT molecular complexity index is 1350. The van der Waals surface area contributed by atoms with E-state index in [1.807, 2.05) is 62.6 Å². The third-order valence-electron chi connectivity index (χ3n) is 6.26. The Kier molecular flexibility index (Phi) is 8.98. The van der Waals surface area contributed by atoms with Crippen molar-refractivity contribution in [1.29, 1.82) is 0 Å². The molecule has 38 heavy (non-hydrogen) atoms. The summed E-state index contributed by atoms with van der Waals surface area (Å²) in [5.41, 5.74) is 5.45. The molecule has 3 aromatic carbocycles. The average Bonchev–Trinajstić information content (AvgIpc) is 2.96. The van der Waals surface area contributed by atoms with Crippen molar-refractivity contribution in [3.05, 3.63) is 120 Å². The molecule has 1 heterocycles. The van der Waals surface area contributed by atoms with Crippen LogP contribution in [0.2, 0.25) is 0 Å². The van der Waals surface area contributed by atoms with Crippen LogP contribution < -0.4 is 10.6 Å². The molecule has 0 spiro atoms. The predicted octanol–water partition coefficient (Wildman–Crippen LogP) is 4.57. The molecule has 7 heteroatoms. The van der Waals surface area contributed by atoms with Crippen LogP contribution in [0.5, 0.6) is 0 Å². The van der Waals surface area contributed by atoms with Gasteiger partial charge in [0.05, 0.1) is 12.6 Å². The molecule has 4 aromatic rings. The molecule has 0 aliphatic heterocycles. The van der Waals surface area contributed by atoms with Gasteiger partial charge in [0, 0.05) is 35.8 Å². The smallest absolute Gasteiger partial charge is 0.255 e. The van der Waals surface area contributed by atoms with Crippen LogP contribution in [0.4, 0.5) is 5.69 Å². The Hall–Kier alpha value is -4.33. The third kappa shape index (κ3) is 7.12. The summed E-state index contributed by atoms with van der Waals surface area (Å²) in [6.07, 6.45) is 4.38. The lowest BCUT2D eigenvalue weighted by Crippen LogP contribution is -2.31. The molecule has 0 unspecified atom stereocenters. The molecule has 0 fully saturated rings. The van der Waals surface area contributed by atoms with Crippen LogP contribution in [0, 0.1) is 0 Å². The van der Waals surface area contributed by atoms with Gasteiger partial charge in [-0.2, -0.15) is 0 Å². The fourth-order valence-electron chi connectivity index (χ4n) is 4.04. The SMILES string of the molecule is CN(C)CCc1ccc(NC(=O)c2cccc([C@@H](CO)NC(=O)c3ccc(-c4ccncc4)cc3)c2)cc1. The van der Waals surface area contributed by atoms with Crippen molar-refractivity contribution < 1.29 is 14.7 Å². The molecule has 2 amide bonds. The van der Waals surface area contributed by atoms with Gasteiger partial charge in [-0.25, -0.2) is 0 Å². The average molecular weight is 509 g/mol. The maximum Gasteiger partial charge on any atom is 0.255 e. The van der Waals surface area contributed by atoms with Gasteiger partial charge in [-0.1, -0.05) is 36.4 Å². The van der Waals surface area contributed by atoms with Crippen LogP contribution in [0.1, 0.15) is 37.9 Å². The van der Waals surface area contributed by atoms with E-state index in [1.54, 1.807) is 48.8 Å². The Labute approximate surface area is 223 Å². The Morgan fingerprint density at radius 2 is 1.53 bits per heavy atom. The zero-order chi connectivity index (χ0) is 26.9. The van der Waals surface area contributed by atoms with E-state index in [0.29, 0.717) is 22.4 Å². The van der Waals surface area contributed by atoms with Gasteiger partial charge in [0.25, 0.3) is 11.8 Å². The van der Waals surface area contributed by atoms with Crippen LogP contribution in [0.3, 0.4) is 0 Å². The summed E-state index contributed by atoms with van der Waals surface area (Å²) in [4.78, 5) is 31.9. The quantitative estimate of drug-likeness (QED) is 0.292. The second kappa shape index (κ2) is 12.8. The van der Waals surface area contributed by atoms with Crippen molar-refractivity contribution in [2.45, 2.75) is 12.5 Å².